The molecule has 0 heterocycles. The molecule has 0 amide bonds. The molecule has 84 valence electrons. The maximum absolute atomic E-state index is 13.6. The molecule has 15 heavy (non-hydrogen) atoms. The quantitative estimate of drug-likeness (QED) is 0.842. The van der Waals surface area contributed by atoms with Crippen molar-refractivity contribution in [2.45, 2.75) is 18.1 Å². The van der Waals surface area contributed by atoms with Crippen molar-refractivity contribution in [2.24, 2.45) is 0 Å². The number of hydrogen-bond donors (Lipinski definition) is 1. The van der Waals surface area contributed by atoms with Gasteiger partial charge >= 0.3 is 0 Å². The van der Waals surface area contributed by atoms with Crippen LogP contribution in [0.2, 0.25) is 0 Å². The lowest BCUT2D eigenvalue weighted by atomic mass is 10.1. The first kappa shape index (κ1) is 12.5. The molecule has 1 aromatic carbocycles. The molecule has 0 bridgehead atoms. The molecule has 0 saturated heterocycles. The van der Waals surface area contributed by atoms with Gasteiger partial charge in [0.15, 0.2) is 0 Å². The van der Waals surface area contributed by atoms with E-state index in [0.717, 1.165) is 11.8 Å². The standard InChI is InChI=1S/C11H14F2OS/c1-9(7-14)15-8-11(12,13)10-5-3-2-4-6-10/h2-6,9,14H,7-8H2,1H3. The Morgan fingerprint density at radius 2 is 1.93 bits per heavy atom. The molecule has 1 aromatic rings. The molecule has 1 N–H and O–H groups in total. The fourth-order valence-corrected chi connectivity index (χ4v) is 1.83. The topological polar surface area (TPSA) is 20.2 Å². The zero-order valence-electron chi connectivity index (χ0n) is 8.49. The molecule has 0 aliphatic carbocycles. The highest BCUT2D eigenvalue weighted by atomic mass is 32.2. The van der Waals surface area contributed by atoms with Gasteiger partial charge in [0.2, 0.25) is 0 Å². The van der Waals surface area contributed by atoms with Crippen LogP contribution < -0.4 is 0 Å². The highest BCUT2D eigenvalue weighted by Crippen LogP contribution is 2.32. The van der Waals surface area contributed by atoms with Crippen molar-refractivity contribution in [3.63, 3.8) is 0 Å². The van der Waals surface area contributed by atoms with E-state index >= 15 is 0 Å². The Labute approximate surface area is 92.5 Å². The Hall–Kier alpha value is -0.610. The largest absolute Gasteiger partial charge is 0.395 e. The van der Waals surface area contributed by atoms with Crippen molar-refractivity contribution in [1.29, 1.82) is 0 Å². The first-order valence-corrected chi connectivity index (χ1v) is 5.77. The maximum atomic E-state index is 13.6. The predicted octanol–water partition coefficient (Wildman–Crippen LogP) is 2.89. The Balaban J connectivity index is 2.59. The van der Waals surface area contributed by atoms with Crippen LogP contribution >= 0.6 is 11.8 Å². The Morgan fingerprint density at radius 1 is 1.33 bits per heavy atom. The molecule has 0 saturated carbocycles. The molecule has 4 heteroatoms. The van der Waals surface area contributed by atoms with Crippen LogP contribution in [0.5, 0.6) is 0 Å². The van der Waals surface area contributed by atoms with E-state index in [4.69, 9.17) is 5.11 Å². The second kappa shape index (κ2) is 5.47. The first-order chi connectivity index (χ1) is 7.06. The molecule has 0 radical (unpaired) electrons. The van der Waals surface area contributed by atoms with E-state index in [1.54, 1.807) is 25.1 Å². The lowest BCUT2D eigenvalue weighted by Crippen LogP contribution is -2.19. The number of benzene rings is 1. The zero-order valence-corrected chi connectivity index (χ0v) is 9.31. The number of thioether (sulfide) groups is 1. The van der Waals surface area contributed by atoms with E-state index in [0.29, 0.717) is 0 Å². The van der Waals surface area contributed by atoms with E-state index in [1.165, 1.54) is 12.1 Å². The van der Waals surface area contributed by atoms with Gasteiger partial charge in [-0.2, -0.15) is 0 Å². The van der Waals surface area contributed by atoms with Gasteiger partial charge in [0.05, 0.1) is 12.4 Å². The Morgan fingerprint density at radius 3 is 2.47 bits per heavy atom. The summed E-state index contributed by atoms with van der Waals surface area (Å²) in [4.78, 5) is 0. The van der Waals surface area contributed by atoms with Gasteiger partial charge in [-0.15, -0.1) is 11.8 Å². The van der Waals surface area contributed by atoms with Crippen molar-refractivity contribution in [1.82, 2.24) is 0 Å². The minimum atomic E-state index is -2.82. The minimum absolute atomic E-state index is 0.0302. The molecular weight excluding hydrogens is 218 g/mol. The second-order valence-electron chi connectivity index (χ2n) is 3.37. The summed E-state index contributed by atoms with van der Waals surface area (Å²) in [5.41, 5.74) is 0.0302. The van der Waals surface area contributed by atoms with Gasteiger partial charge in [-0.05, 0) is 0 Å². The van der Waals surface area contributed by atoms with Gasteiger partial charge in [0, 0.05) is 10.8 Å². The number of aliphatic hydroxyl groups excluding tert-OH is 1. The fraction of sp³-hybridized carbons (Fsp3) is 0.455. The Bertz CT molecular complexity index is 290. The molecule has 1 atom stereocenters. The third-order valence-electron chi connectivity index (χ3n) is 2.00. The lowest BCUT2D eigenvalue weighted by molar-refractivity contribution is 0.0230. The number of halogens is 2. The van der Waals surface area contributed by atoms with Gasteiger partial charge in [-0.3, -0.25) is 0 Å². The van der Waals surface area contributed by atoms with Crippen LogP contribution in [0.3, 0.4) is 0 Å². The summed E-state index contributed by atoms with van der Waals surface area (Å²) in [6.07, 6.45) is 0. The van der Waals surface area contributed by atoms with Crippen LogP contribution in [0.15, 0.2) is 30.3 Å². The van der Waals surface area contributed by atoms with E-state index in [2.05, 4.69) is 0 Å². The first-order valence-electron chi connectivity index (χ1n) is 4.72. The number of alkyl halides is 2. The summed E-state index contributed by atoms with van der Waals surface area (Å²) in [7, 11) is 0. The second-order valence-corrected chi connectivity index (χ2v) is 4.80. The average Bonchev–Trinajstić information content (AvgIpc) is 2.27. The van der Waals surface area contributed by atoms with E-state index in [9.17, 15) is 8.78 Å². The molecule has 0 aliphatic rings. The van der Waals surface area contributed by atoms with Gasteiger partial charge in [-0.25, -0.2) is 8.78 Å². The third kappa shape index (κ3) is 3.80. The van der Waals surface area contributed by atoms with E-state index in [-0.39, 0.29) is 23.2 Å². The van der Waals surface area contributed by atoms with Gasteiger partial charge in [0.1, 0.15) is 0 Å². The predicted molar refractivity (Wildman–Crippen MR) is 59.3 cm³/mol. The van der Waals surface area contributed by atoms with Crippen LogP contribution in [0.25, 0.3) is 0 Å². The fourth-order valence-electron chi connectivity index (χ4n) is 1.06. The Kier molecular flexibility index (Phi) is 4.54. The van der Waals surface area contributed by atoms with Crippen LogP contribution in [-0.4, -0.2) is 22.7 Å². The maximum Gasteiger partial charge on any atom is 0.282 e. The van der Waals surface area contributed by atoms with Gasteiger partial charge in [0.25, 0.3) is 5.92 Å². The van der Waals surface area contributed by atoms with Crippen molar-refractivity contribution in [3.8, 4) is 0 Å². The normalized spacial score (nSPS) is 13.9. The van der Waals surface area contributed by atoms with Crippen LogP contribution in [0.1, 0.15) is 12.5 Å². The number of rotatable bonds is 5. The number of aliphatic hydroxyl groups is 1. The van der Waals surface area contributed by atoms with Crippen LogP contribution in [-0.2, 0) is 5.92 Å². The molecule has 1 nitrogen and oxygen atoms in total. The monoisotopic (exact) mass is 232 g/mol. The minimum Gasteiger partial charge on any atom is -0.395 e. The van der Waals surface area contributed by atoms with Crippen molar-refractivity contribution in [2.75, 3.05) is 12.4 Å². The average molecular weight is 232 g/mol. The summed E-state index contributed by atoms with van der Waals surface area (Å²) in [5, 5.41) is 8.58. The van der Waals surface area contributed by atoms with Crippen LogP contribution in [0.4, 0.5) is 8.78 Å². The van der Waals surface area contributed by atoms with Crippen molar-refractivity contribution < 1.29 is 13.9 Å². The SMILES string of the molecule is CC(CO)SCC(F)(F)c1ccccc1. The van der Waals surface area contributed by atoms with Crippen LogP contribution in [0, 0.1) is 0 Å². The molecule has 1 unspecified atom stereocenters. The highest BCUT2D eigenvalue weighted by Gasteiger charge is 2.31. The lowest BCUT2D eigenvalue weighted by Gasteiger charge is -2.18. The highest BCUT2D eigenvalue weighted by molar-refractivity contribution is 7.99. The molecule has 1 rings (SSSR count). The molecule has 0 fully saturated rings. The third-order valence-corrected chi connectivity index (χ3v) is 3.25. The zero-order chi connectivity index (χ0) is 11.3. The smallest absolute Gasteiger partial charge is 0.282 e. The summed E-state index contributed by atoms with van der Waals surface area (Å²) in [6.45, 7) is 1.65. The molecule has 0 aromatic heterocycles. The molecular formula is C11H14F2OS. The summed E-state index contributed by atoms with van der Waals surface area (Å²) < 4.78 is 27.1. The van der Waals surface area contributed by atoms with Crippen molar-refractivity contribution in [3.05, 3.63) is 35.9 Å². The molecule has 0 spiro atoms. The summed E-state index contributed by atoms with van der Waals surface area (Å²) in [6, 6.07) is 7.75. The summed E-state index contributed by atoms with van der Waals surface area (Å²) >= 11 is 1.08. The van der Waals surface area contributed by atoms with Gasteiger partial charge in [-0.1, -0.05) is 37.3 Å². The van der Waals surface area contributed by atoms with Gasteiger partial charge < -0.3 is 5.11 Å². The van der Waals surface area contributed by atoms with Crippen molar-refractivity contribution >= 4 is 11.8 Å². The van der Waals surface area contributed by atoms with E-state index < -0.39 is 5.92 Å². The number of hydrogen-bond acceptors (Lipinski definition) is 2. The molecule has 0 aliphatic heterocycles. The van der Waals surface area contributed by atoms with E-state index in [1.807, 2.05) is 0 Å². The summed E-state index contributed by atoms with van der Waals surface area (Å²) in [5.74, 6) is -3.12.